The monoisotopic (exact) mass is 259 g/mol. The van der Waals surface area contributed by atoms with Crippen LogP contribution in [0.15, 0.2) is 30.5 Å². The molecular formula is C13H17N5O. The van der Waals surface area contributed by atoms with Gasteiger partial charge >= 0.3 is 0 Å². The van der Waals surface area contributed by atoms with Crippen LogP contribution in [-0.2, 0) is 0 Å². The number of nitrogen functional groups attached to an aromatic ring is 1. The van der Waals surface area contributed by atoms with Crippen LogP contribution in [0.4, 0.5) is 5.82 Å². The van der Waals surface area contributed by atoms with Gasteiger partial charge in [-0.25, -0.2) is 5.43 Å². The van der Waals surface area contributed by atoms with Crippen LogP contribution in [0.1, 0.15) is 30.0 Å². The quantitative estimate of drug-likeness (QED) is 0.475. The van der Waals surface area contributed by atoms with Crippen molar-refractivity contribution in [2.24, 2.45) is 5.84 Å². The van der Waals surface area contributed by atoms with Crippen molar-refractivity contribution in [3.63, 3.8) is 0 Å². The zero-order chi connectivity index (χ0) is 13.2. The summed E-state index contributed by atoms with van der Waals surface area (Å²) in [4.78, 5) is 0. The predicted molar refractivity (Wildman–Crippen MR) is 72.3 cm³/mol. The number of nitrogens with two attached hydrogens (primary N) is 2. The Bertz CT molecular complexity index is 564. The van der Waals surface area contributed by atoms with Crippen LogP contribution in [0.25, 0.3) is 0 Å². The molecule has 0 spiro atoms. The fraction of sp³-hybridized carbons (Fsp3) is 0.308. The molecule has 0 saturated heterocycles. The Hall–Kier alpha value is -2.05. The van der Waals surface area contributed by atoms with Crippen LogP contribution in [0.3, 0.4) is 0 Å². The van der Waals surface area contributed by atoms with E-state index in [1.807, 2.05) is 24.3 Å². The van der Waals surface area contributed by atoms with Gasteiger partial charge < -0.3 is 10.5 Å². The smallest absolute Gasteiger partial charge is 0.124 e. The number of aromatic amines is 1. The molecule has 0 radical (unpaired) electrons. The van der Waals surface area contributed by atoms with E-state index in [0.717, 1.165) is 29.7 Å². The summed E-state index contributed by atoms with van der Waals surface area (Å²) in [6, 6.07) is 7.66. The van der Waals surface area contributed by atoms with Gasteiger partial charge in [-0.3, -0.25) is 10.9 Å². The van der Waals surface area contributed by atoms with Gasteiger partial charge in [0, 0.05) is 5.56 Å². The van der Waals surface area contributed by atoms with E-state index in [4.69, 9.17) is 16.3 Å². The fourth-order valence-corrected chi connectivity index (χ4v) is 2.05. The van der Waals surface area contributed by atoms with Gasteiger partial charge in [0.1, 0.15) is 11.6 Å². The highest BCUT2D eigenvalue weighted by molar-refractivity contribution is 5.45. The van der Waals surface area contributed by atoms with Crippen LogP contribution in [-0.4, -0.2) is 16.3 Å². The summed E-state index contributed by atoms with van der Waals surface area (Å²) < 4.78 is 5.78. The number of anilines is 1. The van der Waals surface area contributed by atoms with Crippen molar-refractivity contribution in [2.45, 2.75) is 25.0 Å². The Balaban J connectivity index is 1.88. The average Bonchev–Trinajstić information content (AvgIpc) is 3.13. The molecular weight excluding hydrogens is 242 g/mol. The first kappa shape index (κ1) is 12.0. The third-order valence-corrected chi connectivity index (χ3v) is 3.20. The Morgan fingerprint density at radius 3 is 2.89 bits per heavy atom. The molecule has 1 aromatic heterocycles. The zero-order valence-electron chi connectivity index (χ0n) is 10.5. The Morgan fingerprint density at radius 2 is 2.26 bits per heavy atom. The molecule has 1 saturated carbocycles. The number of nitrogens with zero attached hydrogens (tertiary/aromatic N) is 1. The minimum absolute atomic E-state index is 0.207. The van der Waals surface area contributed by atoms with Gasteiger partial charge in [-0.05, 0) is 30.5 Å². The van der Waals surface area contributed by atoms with Crippen LogP contribution in [0.5, 0.6) is 5.75 Å². The van der Waals surface area contributed by atoms with E-state index >= 15 is 0 Å². The molecule has 3 rings (SSSR count). The predicted octanol–water partition coefficient (Wildman–Crippen LogP) is 1.09. The molecule has 1 aromatic carbocycles. The maximum absolute atomic E-state index is 5.84. The number of rotatable bonds is 5. The van der Waals surface area contributed by atoms with Gasteiger partial charge in [0.15, 0.2) is 0 Å². The second-order valence-corrected chi connectivity index (χ2v) is 4.73. The highest BCUT2D eigenvalue weighted by Crippen LogP contribution is 2.30. The molecule has 6 N–H and O–H groups in total. The molecule has 0 bridgehead atoms. The largest absolute Gasteiger partial charge is 0.490 e. The van der Waals surface area contributed by atoms with E-state index < -0.39 is 0 Å². The molecule has 1 aliphatic rings. The summed E-state index contributed by atoms with van der Waals surface area (Å²) in [5.41, 5.74) is 10.4. The molecule has 1 heterocycles. The highest BCUT2D eigenvalue weighted by atomic mass is 16.5. The minimum atomic E-state index is -0.207. The lowest BCUT2D eigenvalue weighted by molar-refractivity contribution is 0.302. The molecule has 1 fully saturated rings. The van der Waals surface area contributed by atoms with Crippen molar-refractivity contribution in [3.05, 3.63) is 41.6 Å². The van der Waals surface area contributed by atoms with Crippen LogP contribution < -0.4 is 21.7 Å². The molecule has 0 amide bonds. The third-order valence-electron chi connectivity index (χ3n) is 3.20. The first-order valence-corrected chi connectivity index (χ1v) is 6.29. The van der Waals surface area contributed by atoms with Crippen LogP contribution >= 0.6 is 0 Å². The van der Waals surface area contributed by atoms with Crippen molar-refractivity contribution in [2.75, 3.05) is 5.73 Å². The van der Waals surface area contributed by atoms with E-state index in [0.29, 0.717) is 11.9 Å². The number of hydrogen-bond donors (Lipinski definition) is 4. The molecule has 1 aliphatic carbocycles. The van der Waals surface area contributed by atoms with E-state index in [1.165, 1.54) is 0 Å². The standard InChI is InChI=1S/C13H17N5O/c14-13-11(7-16-18-13)12(17-15)8-2-1-3-10(6-8)19-9-4-5-9/h1-3,6-7,9,12,17H,4-5,15H2,(H3,14,16,18). The van der Waals surface area contributed by atoms with Crippen LogP contribution in [0, 0.1) is 0 Å². The minimum Gasteiger partial charge on any atom is -0.490 e. The lowest BCUT2D eigenvalue weighted by Gasteiger charge is -2.16. The second kappa shape index (κ2) is 4.91. The number of ether oxygens (including phenoxy) is 1. The Morgan fingerprint density at radius 1 is 1.42 bits per heavy atom. The maximum atomic E-state index is 5.84. The highest BCUT2D eigenvalue weighted by Gasteiger charge is 2.24. The van der Waals surface area contributed by atoms with Gasteiger partial charge in [-0.2, -0.15) is 5.10 Å². The number of benzene rings is 1. The lowest BCUT2D eigenvalue weighted by Crippen LogP contribution is -2.29. The van der Waals surface area contributed by atoms with Gasteiger partial charge in [0.2, 0.25) is 0 Å². The maximum Gasteiger partial charge on any atom is 0.124 e. The topological polar surface area (TPSA) is 102 Å². The number of H-pyrrole nitrogens is 1. The molecule has 1 atom stereocenters. The normalized spacial score (nSPS) is 16.3. The molecule has 19 heavy (non-hydrogen) atoms. The average molecular weight is 259 g/mol. The van der Waals surface area contributed by atoms with Crippen LogP contribution in [0.2, 0.25) is 0 Å². The first-order chi connectivity index (χ1) is 9.28. The summed E-state index contributed by atoms with van der Waals surface area (Å²) in [6.07, 6.45) is 4.32. The molecule has 6 heteroatoms. The van der Waals surface area contributed by atoms with E-state index in [1.54, 1.807) is 6.20 Å². The van der Waals surface area contributed by atoms with E-state index in [9.17, 15) is 0 Å². The number of hydrogen-bond acceptors (Lipinski definition) is 5. The van der Waals surface area contributed by atoms with Gasteiger partial charge in [-0.15, -0.1) is 0 Å². The van der Waals surface area contributed by atoms with Crippen molar-refractivity contribution >= 4 is 5.82 Å². The van der Waals surface area contributed by atoms with Crippen molar-refractivity contribution in [1.29, 1.82) is 0 Å². The summed E-state index contributed by atoms with van der Waals surface area (Å²) in [5.74, 6) is 7.01. The summed E-state index contributed by atoms with van der Waals surface area (Å²) in [7, 11) is 0. The molecule has 0 aliphatic heterocycles. The number of hydrazine groups is 1. The Kier molecular flexibility index (Phi) is 3.10. The lowest BCUT2D eigenvalue weighted by atomic mass is 10.0. The van der Waals surface area contributed by atoms with Crippen molar-refractivity contribution in [1.82, 2.24) is 15.6 Å². The van der Waals surface area contributed by atoms with Gasteiger partial charge in [0.05, 0.1) is 18.3 Å². The molecule has 1 unspecified atom stereocenters. The zero-order valence-corrected chi connectivity index (χ0v) is 10.5. The molecule has 6 nitrogen and oxygen atoms in total. The van der Waals surface area contributed by atoms with E-state index in [2.05, 4.69) is 15.6 Å². The molecule has 100 valence electrons. The summed E-state index contributed by atoms with van der Waals surface area (Å²) in [5, 5.41) is 6.63. The van der Waals surface area contributed by atoms with E-state index in [-0.39, 0.29) is 6.04 Å². The van der Waals surface area contributed by atoms with Crippen molar-refractivity contribution in [3.8, 4) is 5.75 Å². The first-order valence-electron chi connectivity index (χ1n) is 6.29. The Labute approximate surface area is 111 Å². The molecule has 2 aromatic rings. The fourth-order valence-electron chi connectivity index (χ4n) is 2.05. The van der Waals surface area contributed by atoms with Crippen molar-refractivity contribution < 1.29 is 4.74 Å². The summed E-state index contributed by atoms with van der Waals surface area (Å²) in [6.45, 7) is 0. The number of nitrogens with one attached hydrogen (secondary N) is 2. The SMILES string of the molecule is NNC(c1cccc(OC2CC2)c1)c1cn[nH]c1N. The summed E-state index contributed by atoms with van der Waals surface area (Å²) >= 11 is 0. The van der Waals surface area contributed by atoms with Gasteiger partial charge in [0.25, 0.3) is 0 Å². The number of aromatic nitrogens is 2. The third kappa shape index (κ3) is 2.54. The second-order valence-electron chi connectivity index (χ2n) is 4.73. The van der Waals surface area contributed by atoms with Gasteiger partial charge in [-0.1, -0.05) is 12.1 Å².